The molecule has 2 aromatic carbocycles. The first-order chi connectivity index (χ1) is 9.97. The molecule has 0 saturated heterocycles. The minimum absolute atomic E-state index is 0.122. The van der Waals surface area contributed by atoms with Crippen LogP contribution in [0.4, 0.5) is 0 Å². The Balaban J connectivity index is 2.11. The van der Waals surface area contributed by atoms with Gasteiger partial charge in [-0.1, -0.05) is 35.9 Å². The van der Waals surface area contributed by atoms with Crippen molar-refractivity contribution < 1.29 is 9.84 Å². The van der Waals surface area contributed by atoms with Gasteiger partial charge in [0.25, 0.3) is 0 Å². The van der Waals surface area contributed by atoms with Gasteiger partial charge in [-0.3, -0.25) is 0 Å². The van der Waals surface area contributed by atoms with Crippen molar-refractivity contribution in [1.82, 2.24) is 0 Å². The number of rotatable bonds is 5. The van der Waals surface area contributed by atoms with Crippen LogP contribution < -0.4 is 10.5 Å². The maximum atomic E-state index is 10.4. The molecular formula is C17H20ClNO2. The van der Waals surface area contributed by atoms with Gasteiger partial charge in [0.15, 0.2) is 0 Å². The van der Waals surface area contributed by atoms with Gasteiger partial charge in [-0.2, -0.15) is 0 Å². The quantitative estimate of drug-likeness (QED) is 0.882. The highest BCUT2D eigenvalue weighted by molar-refractivity contribution is 6.30. The van der Waals surface area contributed by atoms with Crippen molar-refractivity contribution in [3.8, 4) is 5.75 Å². The average molecular weight is 306 g/mol. The molecule has 0 aliphatic heterocycles. The molecule has 0 aliphatic rings. The summed E-state index contributed by atoms with van der Waals surface area (Å²) in [5.41, 5.74) is 7.72. The Kier molecular flexibility index (Phi) is 5.23. The van der Waals surface area contributed by atoms with E-state index in [9.17, 15) is 5.11 Å². The Morgan fingerprint density at radius 3 is 2.00 bits per heavy atom. The molecule has 2 aromatic rings. The Bertz CT molecular complexity index is 566. The van der Waals surface area contributed by atoms with E-state index in [1.165, 1.54) is 0 Å². The van der Waals surface area contributed by atoms with E-state index in [1.807, 2.05) is 50.2 Å². The maximum absolute atomic E-state index is 10.4. The fourth-order valence-corrected chi connectivity index (χ4v) is 2.22. The molecule has 0 saturated carbocycles. The fourth-order valence-electron chi connectivity index (χ4n) is 2.09. The van der Waals surface area contributed by atoms with Gasteiger partial charge in [0.05, 0.1) is 18.2 Å². The molecule has 21 heavy (non-hydrogen) atoms. The minimum atomic E-state index is -0.778. The third-order valence-corrected chi connectivity index (χ3v) is 3.44. The first kappa shape index (κ1) is 15.8. The van der Waals surface area contributed by atoms with Gasteiger partial charge >= 0.3 is 0 Å². The van der Waals surface area contributed by atoms with E-state index in [1.54, 1.807) is 12.1 Å². The van der Waals surface area contributed by atoms with Crippen LogP contribution in [0.25, 0.3) is 0 Å². The van der Waals surface area contributed by atoms with Gasteiger partial charge in [0.1, 0.15) is 5.75 Å². The topological polar surface area (TPSA) is 55.5 Å². The van der Waals surface area contributed by atoms with E-state index in [-0.39, 0.29) is 6.10 Å². The average Bonchev–Trinajstić information content (AvgIpc) is 2.47. The third kappa shape index (κ3) is 4.21. The lowest BCUT2D eigenvalue weighted by Gasteiger charge is -2.20. The predicted octanol–water partition coefficient (Wildman–Crippen LogP) is 3.86. The molecule has 0 radical (unpaired) electrons. The smallest absolute Gasteiger partial charge is 0.119 e. The van der Waals surface area contributed by atoms with Crippen LogP contribution >= 0.6 is 11.6 Å². The Morgan fingerprint density at radius 1 is 0.952 bits per heavy atom. The molecule has 3 nitrogen and oxygen atoms in total. The summed E-state index contributed by atoms with van der Waals surface area (Å²) in [6.07, 6.45) is -0.656. The normalized spacial score (nSPS) is 14.0. The monoisotopic (exact) mass is 305 g/mol. The first-order valence-electron chi connectivity index (χ1n) is 6.93. The van der Waals surface area contributed by atoms with Crippen LogP contribution in [0, 0.1) is 0 Å². The van der Waals surface area contributed by atoms with Crippen LogP contribution in [0.2, 0.25) is 5.02 Å². The number of ether oxygens (including phenoxy) is 1. The summed E-state index contributed by atoms with van der Waals surface area (Å²) in [6.45, 7) is 3.94. The number of aliphatic hydroxyl groups excluding tert-OH is 1. The highest BCUT2D eigenvalue weighted by Gasteiger charge is 2.18. The lowest BCUT2D eigenvalue weighted by molar-refractivity contribution is 0.147. The van der Waals surface area contributed by atoms with Crippen LogP contribution in [0.15, 0.2) is 48.5 Å². The fraction of sp³-hybridized carbons (Fsp3) is 0.294. The minimum Gasteiger partial charge on any atom is -0.491 e. The molecule has 0 bridgehead atoms. The standard InChI is InChI=1S/C17H20ClNO2/c1-11(2)21-15-9-5-13(6-10-15)17(20)16(19)12-3-7-14(18)8-4-12/h3-11,16-17,20H,19H2,1-2H3/t16-,17+/m0/s1. The second-order valence-corrected chi connectivity index (χ2v) is 5.69. The van der Waals surface area contributed by atoms with E-state index in [0.717, 1.165) is 16.9 Å². The van der Waals surface area contributed by atoms with Crippen molar-refractivity contribution in [2.24, 2.45) is 5.73 Å². The van der Waals surface area contributed by atoms with Crippen LogP contribution in [0.3, 0.4) is 0 Å². The van der Waals surface area contributed by atoms with Gasteiger partial charge in [-0.15, -0.1) is 0 Å². The molecule has 0 aromatic heterocycles. The highest BCUT2D eigenvalue weighted by atomic mass is 35.5. The number of hydrogen-bond acceptors (Lipinski definition) is 3. The molecule has 4 heteroatoms. The number of hydrogen-bond donors (Lipinski definition) is 2. The van der Waals surface area contributed by atoms with Gasteiger partial charge in [0, 0.05) is 5.02 Å². The van der Waals surface area contributed by atoms with Crippen LogP contribution in [-0.2, 0) is 0 Å². The molecule has 0 amide bonds. The van der Waals surface area contributed by atoms with Gasteiger partial charge in [-0.25, -0.2) is 0 Å². The summed E-state index contributed by atoms with van der Waals surface area (Å²) >= 11 is 5.85. The van der Waals surface area contributed by atoms with E-state index >= 15 is 0 Å². The van der Waals surface area contributed by atoms with Crippen LogP contribution in [-0.4, -0.2) is 11.2 Å². The highest BCUT2D eigenvalue weighted by Crippen LogP contribution is 2.28. The molecule has 0 fully saturated rings. The van der Waals surface area contributed by atoms with Crippen molar-refractivity contribution in [2.45, 2.75) is 32.1 Å². The van der Waals surface area contributed by atoms with Crippen molar-refractivity contribution in [1.29, 1.82) is 0 Å². The Hall–Kier alpha value is -1.55. The number of aliphatic hydroxyl groups is 1. The third-order valence-electron chi connectivity index (χ3n) is 3.19. The van der Waals surface area contributed by atoms with Crippen molar-refractivity contribution in [2.75, 3.05) is 0 Å². The van der Waals surface area contributed by atoms with E-state index < -0.39 is 12.1 Å². The van der Waals surface area contributed by atoms with Crippen molar-refractivity contribution in [3.05, 3.63) is 64.7 Å². The summed E-state index contributed by atoms with van der Waals surface area (Å²) in [4.78, 5) is 0. The second kappa shape index (κ2) is 6.94. The zero-order chi connectivity index (χ0) is 15.4. The summed E-state index contributed by atoms with van der Waals surface area (Å²) in [5, 5.41) is 11.0. The zero-order valence-electron chi connectivity index (χ0n) is 12.2. The van der Waals surface area contributed by atoms with Gasteiger partial charge in [-0.05, 0) is 49.2 Å². The SMILES string of the molecule is CC(C)Oc1ccc([C@@H](O)[C@@H](N)c2ccc(Cl)cc2)cc1. The van der Waals surface area contributed by atoms with Crippen molar-refractivity contribution >= 4 is 11.6 Å². The molecule has 3 N–H and O–H groups in total. The maximum Gasteiger partial charge on any atom is 0.119 e. The summed E-state index contributed by atoms with van der Waals surface area (Å²) in [7, 11) is 0. The summed E-state index contributed by atoms with van der Waals surface area (Å²) < 4.78 is 5.58. The molecule has 0 heterocycles. The molecular weight excluding hydrogens is 286 g/mol. The van der Waals surface area contributed by atoms with E-state index in [2.05, 4.69) is 0 Å². The van der Waals surface area contributed by atoms with Crippen molar-refractivity contribution in [3.63, 3.8) is 0 Å². The molecule has 2 atom stereocenters. The lowest BCUT2D eigenvalue weighted by Crippen LogP contribution is -2.19. The summed E-state index contributed by atoms with van der Waals surface area (Å²) in [6, 6.07) is 14.0. The molecule has 112 valence electrons. The van der Waals surface area contributed by atoms with E-state index in [0.29, 0.717) is 5.02 Å². The summed E-state index contributed by atoms with van der Waals surface area (Å²) in [5.74, 6) is 0.779. The van der Waals surface area contributed by atoms with Crippen LogP contribution in [0.5, 0.6) is 5.75 Å². The first-order valence-corrected chi connectivity index (χ1v) is 7.31. The number of benzene rings is 2. The number of nitrogens with two attached hydrogens (primary N) is 1. The van der Waals surface area contributed by atoms with Gasteiger partial charge in [0.2, 0.25) is 0 Å². The second-order valence-electron chi connectivity index (χ2n) is 5.26. The zero-order valence-corrected chi connectivity index (χ0v) is 12.9. The lowest BCUT2D eigenvalue weighted by atomic mass is 9.96. The largest absolute Gasteiger partial charge is 0.491 e. The molecule has 0 aliphatic carbocycles. The molecule has 0 unspecified atom stereocenters. The van der Waals surface area contributed by atoms with Crippen LogP contribution in [0.1, 0.15) is 37.1 Å². The van der Waals surface area contributed by atoms with E-state index in [4.69, 9.17) is 22.1 Å². The molecule has 0 spiro atoms. The Labute approximate surface area is 130 Å². The molecule has 2 rings (SSSR count). The number of halogens is 1. The predicted molar refractivity (Wildman–Crippen MR) is 85.5 cm³/mol. The Morgan fingerprint density at radius 2 is 1.48 bits per heavy atom. The van der Waals surface area contributed by atoms with Gasteiger partial charge < -0.3 is 15.6 Å².